The minimum absolute atomic E-state index is 0.130. The Balaban J connectivity index is 1.91. The molecule has 0 aliphatic carbocycles. The maximum atomic E-state index is 12.1. The number of para-hydroxylation sites is 1. The molecule has 2 amide bonds. The Bertz CT molecular complexity index is 696. The molecule has 1 saturated heterocycles. The molecule has 1 aromatic rings. The fraction of sp³-hybridized carbons (Fsp3) is 0.429. The van der Waals surface area contributed by atoms with E-state index in [0.717, 1.165) is 0 Å². The lowest BCUT2D eigenvalue weighted by atomic mass is 10.1. The van der Waals surface area contributed by atoms with E-state index in [4.69, 9.17) is 5.73 Å². The molecule has 9 heteroatoms. The summed E-state index contributed by atoms with van der Waals surface area (Å²) < 4.78 is 24.3. The molecule has 1 heterocycles. The number of hydrogen-bond acceptors (Lipinski definition) is 5. The number of nitrogens with one attached hydrogen (secondary N) is 1. The Morgan fingerprint density at radius 1 is 1.17 bits per heavy atom. The van der Waals surface area contributed by atoms with Crippen LogP contribution < -0.4 is 11.1 Å². The number of piperazine rings is 1. The molecule has 23 heavy (non-hydrogen) atoms. The molecule has 1 fully saturated rings. The zero-order valence-corrected chi connectivity index (χ0v) is 13.7. The summed E-state index contributed by atoms with van der Waals surface area (Å²) >= 11 is 0. The second-order valence-corrected chi connectivity index (χ2v) is 7.38. The number of amides is 2. The third kappa shape index (κ3) is 4.75. The first kappa shape index (κ1) is 17.4. The number of sulfonamides is 1. The maximum Gasteiger partial charge on any atom is 0.250 e. The first-order valence-electron chi connectivity index (χ1n) is 7.13. The Morgan fingerprint density at radius 3 is 2.35 bits per heavy atom. The van der Waals surface area contributed by atoms with Gasteiger partial charge in [-0.15, -0.1) is 0 Å². The van der Waals surface area contributed by atoms with E-state index in [1.54, 1.807) is 24.3 Å². The minimum atomic E-state index is -3.19. The SMILES string of the molecule is CS(=O)(=O)N1CCN(CC(=O)Nc2ccccc2C(N)=O)CC1. The van der Waals surface area contributed by atoms with Crippen LogP contribution in [-0.4, -0.2) is 68.4 Å². The molecule has 1 aliphatic heterocycles. The molecule has 1 aliphatic rings. The molecule has 0 spiro atoms. The third-order valence-corrected chi connectivity index (χ3v) is 4.94. The maximum absolute atomic E-state index is 12.1. The van der Waals surface area contributed by atoms with E-state index < -0.39 is 15.9 Å². The van der Waals surface area contributed by atoms with Crippen LogP contribution in [0.5, 0.6) is 0 Å². The summed E-state index contributed by atoms with van der Waals surface area (Å²) in [6.07, 6.45) is 1.18. The smallest absolute Gasteiger partial charge is 0.250 e. The number of nitrogens with zero attached hydrogens (tertiary/aromatic N) is 2. The Labute approximate surface area is 135 Å². The van der Waals surface area contributed by atoms with Gasteiger partial charge in [0.15, 0.2) is 0 Å². The van der Waals surface area contributed by atoms with Gasteiger partial charge in [-0.2, -0.15) is 4.31 Å². The van der Waals surface area contributed by atoms with E-state index in [-0.39, 0.29) is 18.0 Å². The molecule has 2 rings (SSSR count). The summed E-state index contributed by atoms with van der Waals surface area (Å²) in [5.74, 6) is -0.880. The summed E-state index contributed by atoms with van der Waals surface area (Å²) in [4.78, 5) is 25.3. The standard InChI is InChI=1S/C14H20N4O4S/c1-23(21,22)18-8-6-17(7-9-18)10-13(19)16-12-5-3-2-4-11(12)14(15)20/h2-5H,6-10H2,1H3,(H2,15,20)(H,16,19). The zero-order valence-electron chi connectivity index (χ0n) is 12.9. The quantitative estimate of drug-likeness (QED) is 0.736. The van der Waals surface area contributed by atoms with Crippen LogP contribution in [0.3, 0.4) is 0 Å². The van der Waals surface area contributed by atoms with E-state index in [9.17, 15) is 18.0 Å². The van der Waals surface area contributed by atoms with Crippen LogP contribution in [0.2, 0.25) is 0 Å². The second-order valence-electron chi connectivity index (χ2n) is 5.40. The van der Waals surface area contributed by atoms with Crippen LogP contribution in [0.15, 0.2) is 24.3 Å². The molecular formula is C14H20N4O4S. The lowest BCUT2D eigenvalue weighted by Gasteiger charge is -2.32. The van der Waals surface area contributed by atoms with E-state index in [0.29, 0.717) is 31.9 Å². The van der Waals surface area contributed by atoms with E-state index in [1.807, 2.05) is 4.90 Å². The van der Waals surface area contributed by atoms with Crippen molar-refractivity contribution in [2.75, 3.05) is 44.3 Å². The van der Waals surface area contributed by atoms with E-state index in [1.165, 1.54) is 10.6 Å². The summed E-state index contributed by atoms with van der Waals surface area (Å²) in [5.41, 5.74) is 5.89. The first-order valence-corrected chi connectivity index (χ1v) is 8.98. The van der Waals surface area contributed by atoms with Gasteiger partial charge in [0.05, 0.1) is 24.1 Å². The van der Waals surface area contributed by atoms with Crippen molar-refractivity contribution in [2.24, 2.45) is 5.73 Å². The lowest BCUT2D eigenvalue weighted by molar-refractivity contribution is -0.117. The number of primary amides is 1. The monoisotopic (exact) mass is 340 g/mol. The van der Waals surface area contributed by atoms with Gasteiger partial charge < -0.3 is 11.1 Å². The second kappa shape index (κ2) is 7.07. The van der Waals surface area contributed by atoms with Gasteiger partial charge >= 0.3 is 0 Å². The number of carbonyl (C=O) groups is 2. The molecule has 1 aromatic carbocycles. The third-order valence-electron chi connectivity index (χ3n) is 3.63. The van der Waals surface area contributed by atoms with Gasteiger partial charge in [0.1, 0.15) is 0 Å². The van der Waals surface area contributed by atoms with Gasteiger partial charge in [0.25, 0.3) is 5.91 Å². The number of anilines is 1. The van der Waals surface area contributed by atoms with Crippen LogP contribution in [0.1, 0.15) is 10.4 Å². The van der Waals surface area contributed by atoms with Gasteiger partial charge in [0, 0.05) is 26.2 Å². The van der Waals surface area contributed by atoms with Crippen LogP contribution in [0.25, 0.3) is 0 Å². The van der Waals surface area contributed by atoms with Crippen molar-refractivity contribution < 1.29 is 18.0 Å². The van der Waals surface area contributed by atoms with Gasteiger partial charge in [-0.1, -0.05) is 12.1 Å². The van der Waals surface area contributed by atoms with Crippen molar-refractivity contribution >= 4 is 27.5 Å². The predicted molar refractivity (Wildman–Crippen MR) is 86.4 cm³/mol. The molecule has 0 unspecified atom stereocenters. The fourth-order valence-corrected chi connectivity index (χ4v) is 3.25. The van der Waals surface area contributed by atoms with Crippen molar-refractivity contribution in [3.63, 3.8) is 0 Å². The topological polar surface area (TPSA) is 113 Å². The highest BCUT2D eigenvalue weighted by Gasteiger charge is 2.24. The van der Waals surface area contributed by atoms with Crippen LogP contribution in [0, 0.1) is 0 Å². The molecule has 0 radical (unpaired) electrons. The highest BCUT2D eigenvalue weighted by atomic mass is 32.2. The average Bonchev–Trinajstić information content (AvgIpc) is 2.47. The summed E-state index contributed by atoms with van der Waals surface area (Å²) in [6.45, 7) is 1.83. The lowest BCUT2D eigenvalue weighted by Crippen LogP contribution is -2.50. The summed E-state index contributed by atoms with van der Waals surface area (Å²) in [7, 11) is -3.19. The normalized spacial score (nSPS) is 16.9. The Morgan fingerprint density at radius 2 is 1.78 bits per heavy atom. The molecule has 0 aromatic heterocycles. The molecule has 126 valence electrons. The van der Waals surface area contributed by atoms with Gasteiger partial charge in [-0.3, -0.25) is 14.5 Å². The largest absolute Gasteiger partial charge is 0.366 e. The molecular weight excluding hydrogens is 320 g/mol. The number of rotatable bonds is 5. The van der Waals surface area contributed by atoms with Crippen molar-refractivity contribution in [1.29, 1.82) is 0 Å². The molecule has 0 saturated carbocycles. The van der Waals surface area contributed by atoms with Crippen LogP contribution in [-0.2, 0) is 14.8 Å². The van der Waals surface area contributed by atoms with Crippen molar-refractivity contribution in [3.05, 3.63) is 29.8 Å². The molecule has 8 nitrogen and oxygen atoms in total. The van der Waals surface area contributed by atoms with Crippen LogP contribution in [0.4, 0.5) is 5.69 Å². The number of benzene rings is 1. The van der Waals surface area contributed by atoms with Crippen molar-refractivity contribution in [1.82, 2.24) is 9.21 Å². The first-order chi connectivity index (χ1) is 10.8. The van der Waals surface area contributed by atoms with E-state index >= 15 is 0 Å². The summed E-state index contributed by atoms with van der Waals surface area (Å²) in [6, 6.07) is 6.52. The fourth-order valence-electron chi connectivity index (χ4n) is 2.42. The van der Waals surface area contributed by atoms with Crippen LogP contribution >= 0.6 is 0 Å². The Kier molecular flexibility index (Phi) is 5.34. The number of nitrogens with two attached hydrogens (primary N) is 1. The summed E-state index contributed by atoms with van der Waals surface area (Å²) in [5, 5.41) is 2.67. The van der Waals surface area contributed by atoms with Gasteiger partial charge in [0.2, 0.25) is 15.9 Å². The van der Waals surface area contributed by atoms with Crippen molar-refractivity contribution in [3.8, 4) is 0 Å². The zero-order chi connectivity index (χ0) is 17.0. The highest BCUT2D eigenvalue weighted by molar-refractivity contribution is 7.88. The number of hydrogen-bond donors (Lipinski definition) is 2. The highest BCUT2D eigenvalue weighted by Crippen LogP contribution is 2.14. The molecule has 3 N–H and O–H groups in total. The van der Waals surface area contributed by atoms with Crippen molar-refractivity contribution in [2.45, 2.75) is 0 Å². The number of carbonyl (C=O) groups excluding carboxylic acids is 2. The molecule has 0 atom stereocenters. The predicted octanol–water partition coefficient (Wildman–Crippen LogP) is -0.699. The van der Waals surface area contributed by atoms with Gasteiger partial charge in [-0.05, 0) is 12.1 Å². The molecule has 0 bridgehead atoms. The van der Waals surface area contributed by atoms with Gasteiger partial charge in [-0.25, -0.2) is 8.42 Å². The Hall–Kier alpha value is -1.97. The van der Waals surface area contributed by atoms with E-state index in [2.05, 4.69) is 5.32 Å². The average molecular weight is 340 g/mol. The minimum Gasteiger partial charge on any atom is -0.366 e.